The SMILES string of the molecule is O=C(Nc1cnccn1)N1c2nc(-c3ccc(Cl)c(Cl)c3)ccc2N2CC[C@H]1C2. The quantitative estimate of drug-likeness (QED) is 0.653. The Bertz CT molecular complexity index is 1090. The Balaban J connectivity index is 1.54. The highest BCUT2D eigenvalue weighted by Crippen LogP contribution is 2.40. The zero-order valence-corrected chi connectivity index (χ0v) is 16.7. The van der Waals surface area contributed by atoms with E-state index in [4.69, 9.17) is 28.2 Å². The van der Waals surface area contributed by atoms with Crippen molar-refractivity contribution < 1.29 is 4.79 Å². The average Bonchev–Trinajstić information content (AvgIpc) is 3.15. The van der Waals surface area contributed by atoms with Gasteiger partial charge in [-0.15, -0.1) is 0 Å². The number of fused-ring (bicyclic) bond motifs is 4. The highest BCUT2D eigenvalue weighted by molar-refractivity contribution is 6.42. The Kier molecular flexibility index (Phi) is 4.49. The number of benzene rings is 1. The van der Waals surface area contributed by atoms with Crippen molar-refractivity contribution in [2.45, 2.75) is 12.5 Å². The molecule has 2 amide bonds. The second kappa shape index (κ2) is 7.17. The van der Waals surface area contributed by atoms with Crippen LogP contribution in [0.15, 0.2) is 48.9 Å². The van der Waals surface area contributed by atoms with Gasteiger partial charge >= 0.3 is 6.03 Å². The van der Waals surface area contributed by atoms with Gasteiger partial charge in [0, 0.05) is 31.0 Å². The van der Waals surface area contributed by atoms with Gasteiger partial charge in [0.1, 0.15) is 0 Å². The minimum atomic E-state index is -0.267. The molecule has 4 heterocycles. The molecular weight excluding hydrogens is 411 g/mol. The molecule has 3 aromatic rings. The Morgan fingerprint density at radius 1 is 1.14 bits per heavy atom. The first-order valence-corrected chi connectivity index (χ1v) is 9.93. The molecule has 9 heteroatoms. The van der Waals surface area contributed by atoms with E-state index in [0.717, 1.165) is 36.5 Å². The smallest absolute Gasteiger partial charge is 0.329 e. The highest BCUT2D eigenvalue weighted by atomic mass is 35.5. The van der Waals surface area contributed by atoms with Crippen LogP contribution >= 0.6 is 23.2 Å². The number of hydrogen-bond donors (Lipinski definition) is 1. The predicted octanol–water partition coefficient (Wildman–Crippen LogP) is 4.48. The summed E-state index contributed by atoms with van der Waals surface area (Å²) in [4.78, 5) is 30.1. The monoisotopic (exact) mass is 426 g/mol. The van der Waals surface area contributed by atoms with Crippen molar-refractivity contribution in [3.05, 3.63) is 59.0 Å². The lowest BCUT2D eigenvalue weighted by Gasteiger charge is -2.35. The average molecular weight is 427 g/mol. The molecule has 29 heavy (non-hydrogen) atoms. The number of nitrogens with one attached hydrogen (secondary N) is 1. The van der Waals surface area contributed by atoms with Crippen molar-refractivity contribution >= 4 is 46.6 Å². The molecule has 7 nitrogen and oxygen atoms in total. The molecule has 0 saturated carbocycles. The van der Waals surface area contributed by atoms with E-state index in [-0.39, 0.29) is 12.1 Å². The Morgan fingerprint density at radius 2 is 2.03 bits per heavy atom. The van der Waals surface area contributed by atoms with Gasteiger partial charge in [-0.3, -0.25) is 15.2 Å². The van der Waals surface area contributed by atoms with E-state index in [0.29, 0.717) is 21.7 Å². The zero-order valence-electron chi connectivity index (χ0n) is 15.2. The number of rotatable bonds is 2. The summed E-state index contributed by atoms with van der Waals surface area (Å²) >= 11 is 12.2. The molecule has 1 aromatic carbocycles. The third-order valence-electron chi connectivity index (χ3n) is 5.18. The molecule has 0 unspecified atom stereocenters. The standard InChI is InChI=1S/C20H16Cl2N6O/c21-14-2-1-12(9-15(14)22)16-3-4-17-19(25-16)28(13-5-8-27(17)11-13)20(29)26-18-10-23-6-7-24-18/h1-4,6-7,9-10,13H,5,8,11H2,(H,24,26,29)/t13-/m0/s1. The Labute approximate surface area is 177 Å². The first-order valence-electron chi connectivity index (χ1n) is 9.18. The van der Waals surface area contributed by atoms with Crippen molar-refractivity contribution in [2.75, 3.05) is 28.2 Å². The van der Waals surface area contributed by atoms with Gasteiger partial charge in [-0.2, -0.15) is 0 Å². The summed E-state index contributed by atoms with van der Waals surface area (Å²) in [6.45, 7) is 1.68. The maximum absolute atomic E-state index is 13.1. The molecular formula is C20H16Cl2N6O. The van der Waals surface area contributed by atoms with E-state index in [2.05, 4.69) is 20.2 Å². The molecule has 0 aliphatic carbocycles. The fourth-order valence-electron chi connectivity index (χ4n) is 3.82. The minimum Gasteiger partial charge on any atom is -0.366 e. The van der Waals surface area contributed by atoms with Gasteiger partial charge in [0.05, 0.1) is 33.7 Å². The minimum absolute atomic E-state index is 0.0516. The number of carbonyl (C=O) groups excluding carboxylic acids is 1. The fourth-order valence-corrected chi connectivity index (χ4v) is 4.12. The molecule has 2 aliphatic heterocycles. The van der Waals surface area contributed by atoms with Crippen LogP contribution < -0.4 is 15.1 Å². The first kappa shape index (κ1) is 18.1. The fraction of sp³-hybridized carbons (Fsp3) is 0.200. The van der Waals surface area contributed by atoms with Crippen molar-refractivity contribution in [3.8, 4) is 11.3 Å². The number of nitrogens with zero attached hydrogens (tertiary/aromatic N) is 5. The summed E-state index contributed by atoms with van der Waals surface area (Å²) in [6, 6.07) is 9.12. The van der Waals surface area contributed by atoms with Gasteiger partial charge in [0.25, 0.3) is 0 Å². The van der Waals surface area contributed by atoms with E-state index in [9.17, 15) is 4.79 Å². The number of halogens is 2. The maximum Gasteiger partial charge on any atom is 0.329 e. The highest BCUT2D eigenvalue weighted by Gasteiger charge is 2.40. The second-order valence-corrected chi connectivity index (χ2v) is 7.76. The zero-order chi connectivity index (χ0) is 20.0. The Hall–Kier alpha value is -2.90. The molecule has 1 N–H and O–H groups in total. The van der Waals surface area contributed by atoms with Crippen molar-refractivity contribution in [1.82, 2.24) is 15.0 Å². The normalized spacial score (nSPS) is 17.2. The first-order chi connectivity index (χ1) is 14.1. The number of anilines is 3. The van der Waals surface area contributed by atoms with Crippen LogP contribution in [0.3, 0.4) is 0 Å². The van der Waals surface area contributed by atoms with E-state index in [1.807, 2.05) is 18.2 Å². The van der Waals surface area contributed by atoms with Crippen LogP contribution in [0.4, 0.5) is 22.1 Å². The van der Waals surface area contributed by atoms with Crippen LogP contribution in [0.25, 0.3) is 11.3 Å². The summed E-state index contributed by atoms with van der Waals surface area (Å²) in [7, 11) is 0. The third kappa shape index (κ3) is 3.26. The van der Waals surface area contributed by atoms with E-state index >= 15 is 0 Å². The van der Waals surface area contributed by atoms with Crippen LogP contribution in [0.1, 0.15) is 6.42 Å². The summed E-state index contributed by atoms with van der Waals surface area (Å²) in [5.41, 5.74) is 2.50. The number of carbonyl (C=O) groups is 1. The number of aromatic nitrogens is 3. The van der Waals surface area contributed by atoms with Gasteiger partial charge < -0.3 is 4.90 Å². The van der Waals surface area contributed by atoms with Crippen LogP contribution in [-0.2, 0) is 0 Å². The molecule has 0 radical (unpaired) electrons. The van der Waals surface area contributed by atoms with E-state index < -0.39 is 0 Å². The van der Waals surface area contributed by atoms with Gasteiger partial charge in [0.2, 0.25) is 0 Å². The van der Waals surface area contributed by atoms with Crippen LogP contribution in [-0.4, -0.2) is 40.1 Å². The summed E-state index contributed by atoms with van der Waals surface area (Å²) in [5, 5.41) is 3.78. The predicted molar refractivity (Wildman–Crippen MR) is 114 cm³/mol. The van der Waals surface area contributed by atoms with Gasteiger partial charge in [-0.25, -0.2) is 14.8 Å². The topological polar surface area (TPSA) is 74.2 Å². The molecule has 1 saturated heterocycles. The van der Waals surface area contributed by atoms with E-state index in [1.54, 1.807) is 23.2 Å². The second-order valence-electron chi connectivity index (χ2n) is 6.95. The molecule has 0 spiro atoms. The number of urea groups is 1. The lowest BCUT2D eigenvalue weighted by molar-refractivity contribution is 0.254. The summed E-state index contributed by atoms with van der Waals surface area (Å²) < 4.78 is 0. The van der Waals surface area contributed by atoms with Crippen molar-refractivity contribution in [1.29, 1.82) is 0 Å². The van der Waals surface area contributed by atoms with Gasteiger partial charge in [-0.05, 0) is 30.7 Å². The molecule has 1 atom stereocenters. The number of hydrogen-bond acceptors (Lipinski definition) is 5. The van der Waals surface area contributed by atoms with Crippen LogP contribution in [0.2, 0.25) is 10.0 Å². The number of pyridine rings is 1. The molecule has 2 bridgehead atoms. The van der Waals surface area contributed by atoms with Crippen LogP contribution in [0.5, 0.6) is 0 Å². The summed E-state index contributed by atoms with van der Waals surface area (Å²) in [6.07, 6.45) is 5.50. The molecule has 2 aromatic heterocycles. The van der Waals surface area contributed by atoms with Gasteiger partial charge in [0.15, 0.2) is 11.6 Å². The lowest BCUT2D eigenvalue weighted by atomic mass is 10.1. The van der Waals surface area contributed by atoms with Crippen molar-refractivity contribution in [3.63, 3.8) is 0 Å². The van der Waals surface area contributed by atoms with E-state index in [1.165, 1.54) is 12.4 Å². The molecule has 2 aliphatic rings. The Morgan fingerprint density at radius 3 is 2.83 bits per heavy atom. The number of amides is 2. The lowest BCUT2D eigenvalue weighted by Crippen LogP contribution is -2.48. The van der Waals surface area contributed by atoms with Crippen LogP contribution in [0, 0.1) is 0 Å². The van der Waals surface area contributed by atoms with Crippen molar-refractivity contribution in [2.24, 2.45) is 0 Å². The largest absolute Gasteiger partial charge is 0.366 e. The molecule has 146 valence electrons. The van der Waals surface area contributed by atoms with Gasteiger partial charge in [-0.1, -0.05) is 29.3 Å². The molecule has 5 rings (SSSR count). The maximum atomic E-state index is 13.1. The third-order valence-corrected chi connectivity index (χ3v) is 5.92. The molecule has 1 fully saturated rings. The summed E-state index contributed by atoms with van der Waals surface area (Å²) in [5.74, 6) is 1.03.